The first kappa shape index (κ1) is 19.9. The molecule has 0 aliphatic carbocycles. The summed E-state index contributed by atoms with van der Waals surface area (Å²) in [4.78, 5) is 18.7. The molecule has 0 aliphatic rings. The van der Waals surface area contributed by atoms with E-state index in [-0.39, 0.29) is 11.2 Å². The molecule has 1 amide bonds. The Kier molecular flexibility index (Phi) is 6.30. The normalized spacial score (nSPS) is 11.9. The molecule has 8 heteroatoms. The molecule has 0 radical (unpaired) electrons. The van der Waals surface area contributed by atoms with Crippen LogP contribution in [0.5, 0.6) is 0 Å². The lowest BCUT2D eigenvalue weighted by molar-refractivity contribution is -0.115. The predicted octanol–water partition coefficient (Wildman–Crippen LogP) is 3.55. The van der Waals surface area contributed by atoms with Crippen molar-refractivity contribution in [3.05, 3.63) is 48.8 Å². The van der Waals surface area contributed by atoms with E-state index in [2.05, 4.69) is 20.5 Å². The second-order valence-corrected chi connectivity index (χ2v) is 7.78. The standard InChI is InChI=1S/C20H24N6OS/c1-5-26-18(15-10-12-21-13-11-15)23-24-20(26)28-14(2)19(27)22-16-6-8-17(9-7-16)25(3)4/h6-14H,5H2,1-4H3,(H,22,27). The van der Waals surface area contributed by atoms with Gasteiger partial charge >= 0.3 is 0 Å². The second kappa shape index (κ2) is 8.88. The van der Waals surface area contributed by atoms with E-state index in [1.54, 1.807) is 12.4 Å². The fraction of sp³-hybridized carbons (Fsp3) is 0.300. The zero-order chi connectivity index (χ0) is 20.1. The Balaban J connectivity index is 1.69. The van der Waals surface area contributed by atoms with Gasteiger partial charge in [-0.1, -0.05) is 11.8 Å². The van der Waals surface area contributed by atoms with Crippen molar-refractivity contribution in [2.45, 2.75) is 30.8 Å². The molecule has 28 heavy (non-hydrogen) atoms. The Bertz CT molecular complexity index is 924. The van der Waals surface area contributed by atoms with E-state index < -0.39 is 0 Å². The van der Waals surface area contributed by atoms with Gasteiger partial charge in [0, 0.05) is 50.0 Å². The molecule has 0 aliphatic heterocycles. The molecule has 0 saturated carbocycles. The zero-order valence-corrected chi connectivity index (χ0v) is 17.3. The van der Waals surface area contributed by atoms with E-state index in [9.17, 15) is 4.79 Å². The van der Waals surface area contributed by atoms with Crippen molar-refractivity contribution < 1.29 is 4.79 Å². The number of thioether (sulfide) groups is 1. The molecule has 0 bridgehead atoms. The minimum absolute atomic E-state index is 0.0706. The van der Waals surface area contributed by atoms with Crippen molar-refractivity contribution in [1.29, 1.82) is 0 Å². The summed E-state index contributed by atoms with van der Waals surface area (Å²) in [6, 6.07) is 11.6. The highest BCUT2D eigenvalue weighted by Crippen LogP contribution is 2.27. The Morgan fingerprint density at radius 1 is 1.14 bits per heavy atom. The van der Waals surface area contributed by atoms with Crippen LogP contribution in [-0.4, -0.2) is 45.0 Å². The van der Waals surface area contributed by atoms with Crippen molar-refractivity contribution in [2.24, 2.45) is 0 Å². The molecule has 2 aromatic heterocycles. The SMILES string of the molecule is CCn1c(SC(C)C(=O)Nc2ccc(N(C)C)cc2)nnc1-c1ccncc1. The maximum absolute atomic E-state index is 12.6. The van der Waals surface area contributed by atoms with Crippen LogP contribution < -0.4 is 10.2 Å². The zero-order valence-electron chi connectivity index (χ0n) is 16.5. The minimum atomic E-state index is -0.312. The highest BCUT2D eigenvalue weighted by Gasteiger charge is 2.20. The first-order chi connectivity index (χ1) is 13.5. The quantitative estimate of drug-likeness (QED) is 0.616. The number of hydrogen-bond donors (Lipinski definition) is 1. The smallest absolute Gasteiger partial charge is 0.237 e. The third-order valence-electron chi connectivity index (χ3n) is 4.27. The molecule has 7 nitrogen and oxygen atoms in total. The molecule has 0 saturated heterocycles. The fourth-order valence-corrected chi connectivity index (χ4v) is 3.59. The van der Waals surface area contributed by atoms with Crippen LogP contribution in [0.15, 0.2) is 53.9 Å². The maximum atomic E-state index is 12.6. The highest BCUT2D eigenvalue weighted by atomic mass is 32.2. The van der Waals surface area contributed by atoms with Gasteiger partial charge in [-0.25, -0.2) is 0 Å². The molecule has 2 heterocycles. The van der Waals surface area contributed by atoms with Gasteiger partial charge in [-0.3, -0.25) is 9.78 Å². The number of aromatic nitrogens is 4. The number of anilines is 2. The van der Waals surface area contributed by atoms with Gasteiger partial charge in [0.2, 0.25) is 5.91 Å². The molecule has 0 fully saturated rings. The summed E-state index contributed by atoms with van der Waals surface area (Å²) in [6.07, 6.45) is 3.46. The van der Waals surface area contributed by atoms with Crippen LogP contribution in [0.3, 0.4) is 0 Å². The molecule has 1 unspecified atom stereocenters. The Hall–Kier alpha value is -2.87. The Morgan fingerprint density at radius 2 is 1.82 bits per heavy atom. The molecule has 1 N–H and O–H groups in total. The van der Waals surface area contributed by atoms with Crippen LogP contribution in [0.25, 0.3) is 11.4 Å². The van der Waals surface area contributed by atoms with Gasteiger partial charge < -0.3 is 14.8 Å². The number of hydrogen-bond acceptors (Lipinski definition) is 6. The summed E-state index contributed by atoms with van der Waals surface area (Å²) in [6.45, 7) is 4.62. The van der Waals surface area contributed by atoms with Gasteiger partial charge in [-0.15, -0.1) is 10.2 Å². The Morgan fingerprint density at radius 3 is 2.43 bits per heavy atom. The lowest BCUT2D eigenvalue weighted by Crippen LogP contribution is -2.23. The molecule has 0 spiro atoms. The third-order valence-corrected chi connectivity index (χ3v) is 5.35. The molecule has 146 valence electrons. The van der Waals surface area contributed by atoms with Gasteiger partial charge in [-0.2, -0.15) is 0 Å². The summed E-state index contributed by atoms with van der Waals surface area (Å²) < 4.78 is 2.01. The van der Waals surface area contributed by atoms with Crippen molar-refractivity contribution in [3.8, 4) is 11.4 Å². The van der Waals surface area contributed by atoms with Crippen LogP contribution in [0, 0.1) is 0 Å². The van der Waals surface area contributed by atoms with Gasteiger partial charge in [0.15, 0.2) is 11.0 Å². The first-order valence-corrected chi connectivity index (χ1v) is 9.96. The minimum Gasteiger partial charge on any atom is -0.378 e. The van der Waals surface area contributed by atoms with Crippen LogP contribution in [0.2, 0.25) is 0 Å². The van der Waals surface area contributed by atoms with E-state index in [0.717, 1.165) is 27.9 Å². The number of amides is 1. The van der Waals surface area contributed by atoms with Gasteiger partial charge in [0.1, 0.15) is 0 Å². The van der Waals surface area contributed by atoms with Crippen LogP contribution >= 0.6 is 11.8 Å². The average Bonchev–Trinajstić information content (AvgIpc) is 3.11. The fourth-order valence-electron chi connectivity index (χ4n) is 2.67. The molecular formula is C20H24N6OS. The van der Waals surface area contributed by atoms with Crippen molar-refractivity contribution in [1.82, 2.24) is 19.7 Å². The number of benzene rings is 1. The third kappa shape index (κ3) is 4.51. The summed E-state index contributed by atoms with van der Waals surface area (Å²) >= 11 is 1.40. The average molecular weight is 397 g/mol. The van der Waals surface area contributed by atoms with Gasteiger partial charge in [0.25, 0.3) is 0 Å². The summed E-state index contributed by atoms with van der Waals surface area (Å²) in [7, 11) is 3.97. The maximum Gasteiger partial charge on any atom is 0.237 e. The lowest BCUT2D eigenvalue weighted by Gasteiger charge is -2.15. The monoisotopic (exact) mass is 396 g/mol. The molecule has 1 aromatic carbocycles. The van der Waals surface area contributed by atoms with Crippen molar-refractivity contribution in [2.75, 3.05) is 24.3 Å². The van der Waals surface area contributed by atoms with E-state index >= 15 is 0 Å². The van der Waals surface area contributed by atoms with Crippen molar-refractivity contribution >= 4 is 29.0 Å². The van der Waals surface area contributed by atoms with E-state index in [1.165, 1.54) is 11.8 Å². The predicted molar refractivity (Wildman–Crippen MR) is 114 cm³/mol. The number of carbonyl (C=O) groups excluding carboxylic acids is 1. The second-order valence-electron chi connectivity index (χ2n) is 6.48. The van der Waals surface area contributed by atoms with Gasteiger partial charge in [0.05, 0.1) is 5.25 Å². The lowest BCUT2D eigenvalue weighted by atomic mass is 10.2. The Labute approximate surface area is 169 Å². The van der Waals surface area contributed by atoms with Crippen LogP contribution in [0.4, 0.5) is 11.4 Å². The highest BCUT2D eigenvalue weighted by molar-refractivity contribution is 8.00. The molecule has 3 rings (SSSR count). The molecule has 1 atom stereocenters. The summed E-state index contributed by atoms with van der Waals surface area (Å²) in [5.74, 6) is 0.706. The summed E-state index contributed by atoms with van der Waals surface area (Å²) in [5.41, 5.74) is 2.81. The number of nitrogens with zero attached hydrogens (tertiary/aromatic N) is 5. The number of pyridine rings is 1. The molecule has 3 aromatic rings. The number of nitrogens with one attached hydrogen (secondary N) is 1. The topological polar surface area (TPSA) is 75.9 Å². The van der Waals surface area contributed by atoms with E-state index in [4.69, 9.17) is 0 Å². The number of carbonyl (C=O) groups is 1. The van der Waals surface area contributed by atoms with E-state index in [0.29, 0.717) is 6.54 Å². The summed E-state index contributed by atoms with van der Waals surface area (Å²) in [5, 5.41) is 12.0. The van der Waals surface area contributed by atoms with Crippen LogP contribution in [0.1, 0.15) is 13.8 Å². The van der Waals surface area contributed by atoms with Crippen molar-refractivity contribution in [3.63, 3.8) is 0 Å². The van der Waals surface area contributed by atoms with Crippen LogP contribution in [-0.2, 0) is 11.3 Å². The van der Waals surface area contributed by atoms with Gasteiger partial charge in [-0.05, 0) is 50.2 Å². The molecular weight excluding hydrogens is 372 g/mol. The number of rotatable bonds is 7. The van der Waals surface area contributed by atoms with E-state index in [1.807, 2.05) is 73.8 Å². The first-order valence-electron chi connectivity index (χ1n) is 9.08. The largest absolute Gasteiger partial charge is 0.378 e.